The van der Waals surface area contributed by atoms with E-state index in [9.17, 15) is 22.4 Å². The van der Waals surface area contributed by atoms with Gasteiger partial charge < -0.3 is 16.0 Å². The van der Waals surface area contributed by atoms with Crippen molar-refractivity contribution in [1.82, 2.24) is 15.5 Å². The van der Waals surface area contributed by atoms with Gasteiger partial charge in [0.25, 0.3) is 0 Å². The first kappa shape index (κ1) is 23.0. The van der Waals surface area contributed by atoms with Gasteiger partial charge in [-0.15, -0.1) is 10.2 Å². The lowest BCUT2D eigenvalue weighted by Gasteiger charge is -2.12. The Morgan fingerprint density at radius 1 is 0.824 bits per heavy atom. The van der Waals surface area contributed by atoms with E-state index in [2.05, 4.69) is 26.1 Å². The number of benzene rings is 3. The molecule has 0 aliphatic heterocycles. The lowest BCUT2D eigenvalue weighted by molar-refractivity contribution is -0.137. The molecule has 0 fully saturated rings. The van der Waals surface area contributed by atoms with Gasteiger partial charge in [-0.25, -0.2) is 9.18 Å². The van der Waals surface area contributed by atoms with Crippen molar-refractivity contribution in [1.29, 1.82) is 0 Å². The number of rotatable bonds is 6. The standard InChI is InChI=1S/C24H19F4N5O/c25-17-9-11-18(12-10-17)31-23(34)30-14-13-29-22-20-4-2-1-3-19(20)21(32-33-22)15-5-7-16(8-6-15)24(26,27)28/h1-12H,13-14H2,(H,29,33)(H2,30,31,34). The van der Waals surface area contributed by atoms with E-state index < -0.39 is 23.6 Å². The van der Waals surface area contributed by atoms with E-state index in [-0.39, 0.29) is 6.54 Å². The highest BCUT2D eigenvalue weighted by atomic mass is 19.4. The Hall–Kier alpha value is -4.21. The number of hydrogen-bond donors (Lipinski definition) is 3. The molecule has 0 aliphatic carbocycles. The number of halogens is 4. The molecule has 0 aliphatic rings. The molecule has 0 radical (unpaired) electrons. The monoisotopic (exact) mass is 469 g/mol. The Bertz CT molecular complexity index is 1290. The van der Waals surface area contributed by atoms with Gasteiger partial charge in [-0.2, -0.15) is 13.2 Å². The second-order valence-electron chi connectivity index (χ2n) is 7.33. The molecule has 0 bridgehead atoms. The minimum absolute atomic E-state index is 0.268. The van der Waals surface area contributed by atoms with Gasteiger partial charge in [-0.1, -0.05) is 36.4 Å². The van der Waals surface area contributed by atoms with Crippen LogP contribution in [0.1, 0.15) is 5.56 Å². The van der Waals surface area contributed by atoms with Crippen LogP contribution in [0, 0.1) is 5.82 Å². The van der Waals surface area contributed by atoms with Gasteiger partial charge in [-0.05, 0) is 36.4 Å². The summed E-state index contributed by atoms with van der Waals surface area (Å²) in [6.07, 6.45) is -4.41. The zero-order chi connectivity index (χ0) is 24.1. The predicted molar refractivity (Wildman–Crippen MR) is 122 cm³/mol. The maximum Gasteiger partial charge on any atom is 0.416 e. The van der Waals surface area contributed by atoms with Crippen LogP contribution < -0.4 is 16.0 Å². The average Bonchev–Trinajstić information content (AvgIpc) is 2.83. The molecule has 10 heteroatoms. The largest absolute Gasteiger partial charge is 0.416 e. The van der Waals surface area contributed by atoms with Crippen LogP contribution in [0.2, 0.25) is 0 Å². The average molecular weight is 469 g/mol. The molecule has 0 saturated heterocycles. The molecule has 2 amide bonds. The van der Waals surface area contributed by atoms with Crippen molar-refractivity contribution in [2.24, 2.45) is 0 Å². The fourth-order valence-electron chi connectivity index (χ4n) is 3.33. The Labute approximate surface area is 192 Å². The third kappa shape index (κ3) is 5.40. The van der Waals surface area contributed by atoms with Crippen LogP contribution in [-0.4, -0.2) is 29.3 Å². The first-order valence-corrected chi connectivity index (χ1v) is 10.3. The summed E-state index contributed by atoms with van der Waals surface area (Å²) in [7, 11) is 0. The van der Waals surface area contributed by atoms with Crippen molar-refractivity contribution in [2.75, 3.05) is 23.7 Å². The van der Waals surface area contributed by atoms with E-state index >= 15 is 0 Å². The summed E-state index contributed by atoms with van der Waals surface area (Å²) in [6.45, 7) is 0.610. The Kier molecular flexibility index (Phi) is 6.58. The third-order valence-electron chi connectivity index (χ3n) is 4.98. The highest BCUT2D eigenvalue weighted by Crippen LogP contribution is 2.33. The molecule has 0 unspecified atom stereocenters. The van der Waals surface area contributed by atoms with Crippen molar-refractivity contribution < 1.29 is 22.4 Å². The molecule has 0 spiro atoms. The van der Waals surface area contributed by atoms with Gasteiger partial charge in [0.1, 0.15) is 11.5 Å². The van der Waals surface area contributed by atoms with Gasteiger partial charge in [0.15, 0.2) is 5.82 Å². The second kappa shape index (κ2) is 9.74. The number of aromatic nitrogens is 2. The van der Waals surface area contributed by atoms with Crippen molar-refractivity contribution in [3.05, 3.63) is 84.2 Å². The summed E-state index contributed by atoms with van der Waals surface area (Å²) >= 11 is 0. The molecule has 1 aromatic heterocycles. The van der Waals surface area contributed by atoms with Crippen LogP contribution in [0.25, 0.3) is 22.0 Å². The summed E-state index contributed by atoms with van der Waals surface area (Å²) < 4.78 is 51.5. The van der Waals surface area contributed by atoms with Crippen molar-refractivity contribution >= 4 is 28.3 Å². The van der Waals surface area contributed by atoms with Gasteiger partial charge in [0.2, 0.25) is 0 Å². The van der Waals surface area contributed by atoms with Crippen molar-refractivity contribution in [3.63, 3.8) is 0 Å². The highest BCUT2D eigenvalue weighted by molar-refractivity contribution is 6.00. The molecule has 34 heavy (non-hydrogen) atoms. The summed E-state index contributed by atoms with van der Waals surface area (Å²) in [5, 5.41) is 18.3. The Morgan fingerprint density at radius 2 is 1.50 bits per heavy atom. The molecule has 1 heterocycles. The molecule has 174 valence electrons. The first-order valence-electron chi connectivity index (χ1n) is 10.3. The van der Waals surface area contributed by atoms with Crippen LogP contribution in [0.3, 0.4) is 0 Å². The van der Waals surface area contributed by atoms with Gasteiger partial charge in [0, 0.05) is 35.1 Å². The molecule has 0 atom stereocenters. The molecule has 0 saturated carbocycles. The van der Waals surface area contributed by atoms with Crippen LogP contribution in [0.5, 0.6) is 0 Å². The smallest absolute Gasteiger partial charge is 0.366 e. The van der Waals surface area contributed by atoms with Gasteiger partial charge in [0.05, 0.1) is 5.56 Å². The molecule has 3 aromatic carbocycles. The normalized spacial score (nSPS) is 11.3. The van der Waals surface area contributed by atoms with E-state index in [0.717, 1.165) is 22.9 Å². The molecule has 3 N–H and O–H groups in total. The molecular weight excluding hydrogens is 450 g/mol. The van der Waals surface area contributed by atoms with E-state index in [1.165, 1.54) is 36.4 Å². The molecule has 4 aromatic rings. The number of fused-ring (bicyclic) bond motifs is 1. The SMILES string of the molecule is O=C(NCCNc1nnc(-c2ccc(C(F)(F)F)cc2)c2ccccc12)Nc1ccc(F)cc1. The third-order valence-corrected chi connectivity index (χ3v) is 4.98. The fourth-order valence-corrected chi connectivity index (χ4v) is 3.33. The zero-order valence-corrected chi connectivity index (χ0v) is 17.7. The minimum atomic E-state index is -4.41. The zero-order valence-electron chi connectivity index (χ0n) is 17.7. The first-order chi connectivity index (χ1) is 16.3. The number of hydrogen-bond acceptors (Lipinski definition) is 4. The van der Waals surface area contributed by atoms with Gasteiger partial charge >= 0.3 is 12.2 Å². The van der Waals surface area contributed by atoms with Crippen LogP contribution >= 0.6 is 0 Å². The Balaban J connectivity index is 1.42. The van der Waals surface area contributed by atoms with Crippen LogP contribution in [-0.2, 0) is 6.18 Å². The van der Waals surface area contributed by atoms with Gasteiger partial charge in [-0.3, -0.25) is 0 Å². The van der Waals surface area contributed by atoms with Crippen molar-refractivity contribution in [2.45, 2.75) is 6.18 Å². The maximum absolute atomic E-state index is 12.9. The molecular formula is C24H19F4N5O. The number of carbonyl (C=O) groups excluding carboxylic acids is 1. The second-order valence-corrected chi connectivity index (χ2v) is 7.33. The van der Waals surface area contributed by atoms with Crippen molar-refractivity contribution in [3.8, 4) is 11.3 Å². The number of amides is 2. The number of nitrogens with zero attached hydrogens (tertiary/aromatic N) is 2. The lowest BCUT2D eigenvalue weighted by Crippen LogP contribution is -2.32. The number of anilines is 2. The topological polar surface area (TPSA) is 78.9 Å². The number of carbonyl (C=O) groups is 1. The van der Waals surface area contributed by atoms with Crippen LogP contribution in [0.4, 0.5) is 33.9 Å². The predicted octanol–water partition coefficient (Wildman–Crippen LogP) is 5.69. The number of urea groups is 1. The quantitative estimate of drug-likeness (QED) is 0.251. The van der Waals surface area contributed by atoms with E-state index in [1.54, 1.807) is 0 Å². The fraction of sp³-hybridized carbons (Fsp3) is 0.125. The number of nitrogens with one attached hydrogen (secondary N) is 3. The van der Waals surface area contributed by atoms with E-state index in [0.29, 0.717) is 29.3 Å². The lowest BCUT2D eigenvalue weighted by atomic mass is 10.0. The summed E-state index contributed by atoms with van der Waals surface area (Å²) in [4.78, 5) is 12.0. The minimum Gasteiger partial charge on any atom is -0.366 e. The number of alkyl halides is 3. The molecule has 4 rings (SSSR count). The highest BCUT2D eigenvalue weighted by Gasteiger charge is 2.30. The van der Waals surface area contributed by atoms with Crippen LogP contribution in [0.15, 0.2) is 72.8 Å². The summed E-state index contributed by atoms with van der Waals surface area (Å²) in [5.41, 5.74) is 0.708. The summed E-state index contributed by atoms with van der Waals surface area (Å²) in [5.74, 6) is 0.0832. The van der Waals surface area contributed by atoms with E-state index in [1.807, 2.05) is 24.3 Å². The summed E-state index contributed by atoms with van der Waals surface area (Å²) in [6, 6.07) is 17.0. The molecule has 6 nitrogen and oxygen atoms in total. The maximum atomic E-state index is 12.9. The van der Waals surface area contributed by atoms with E-state index in [4.69, 9.17) is 0 Å². The Morgan fingerprint density at radius 3 is 2.18 bits per heavy atom.